The molecule has 0 amide bonds. The fourth-order valence-electron chi connectivity index (χ4n) is 3.99. The molecule has 2 aromatic heterocycles. The fourth-order valence-corrected chi connectivity index (χ4v) is 5.30. The second-order valence-electron chi connectivity index (χ2n) is 6.99. The quantitative estimate of drug-likeness (QED) is 0.605. The van der Waals surface area contributed by atoms with Crippen LogP contribution in [0, 0.1) is 12.8 Å². The van der Waals surface area contributed by atoms with Gasteiger partial charge in [0.2, 0.25) is 0 Å². The van der Waals surface area contributed by atoms with E-state index in [-0.39, 0.29) is 5.92 Å². The molecule has 0 aliphatic heterocycles. The molecule has 0 atom stereocenters. The number of aromatic nitrogens is 1. The molecule has 1 fully saturated rings. The molecule has 0 unspecified atom stereocenters. The normalized spacial score (nSPS) is 16.5. The number of ketones is 1. The maximum Gasteiger partial charge on any atom is 0.168 e. The van der Waals surface area contributed by atoms with Crippen molar-refractivity contribution in [2.75, 3.05) is 0 Å². The standard InChI is InChI=1S/C21H19NOS/c1-12-17(20(23)14-10-11-14)18(13-6-3-2-4-7-13)19-15-8-5-9-16(15)24-21(19)22-12/h2-4,6-7,14H,5,8-11H2,1H3. The maximum absolute atomic E-state index is 13.1. The highest BCUT2D eigenvalue weighted by Crippen LogP contribution is 2.45. The van der Waals surface area contributed by atoms with E-state index in [9.17, 15) is 4.79 Å². The molecule has 3 aromatic rings. The predicted molar refractivity (Wildman–Crippen MR) is 98.9 cm³/mol. The average Bonchev–Trinajstić information content (AvgIpc) is 3.25. The first-order valence-corrected chi connectivity index (χ1v) is 9.60. The Hall–Kier alpha value is -2.00. The van der Waals surface area contributed by atoms with Crippen LogP contribution in [0.25, 0.3) is 21.3 Å². The van der Waals surface area contributed by atoms with Gasteiger partial charge in [-0.15, -0.1) is 11.3 Å². The number of rotatable bonds is 3. The lowest BCUT2D eigenvalue weighted by Crippen LogP contribution is -2.08. The summed E-state index contributed by atoms with van der Waals surface area (Å²) in [6, 6.07) is 10.4. The number of thiophene rings is 1. The van der Waals surface area contributed by atoms with Crippen LogP contribution in [0.4, 0.5) is 0 Å². The minimum Gasteiger partial charge on any atom is -0.294 e. The molecular weight excluding hydrogens is 314 g/mol. The van der Waals surface area contributed by atoms with Crippen molar-refractivity contribution in [1.82, 2.24) is 4.98 Å². The van der Waals surface area contributed by atoms with Crippen LogP contribution in [0.1, 0.15) is 45.8 Å². The molecule has 2 heterocycles. The third-order valence-corrected chi connectivity index (χ3v) is 6.48. The fraction of sp³-hybridized carbons (Fsp3) is 0.333. The summed E-state index contributed by atoms with van der Waals surface area (Å²) in [4.78, 5) is 20.5. The van der Waals surface area contributed by atoms with Crippen LogP contribution >= 0.6 is 11.3 Å². The second-order valence-corrected chi connectivity index (χ2v) is 8.07. The summed E-state index contributed by atoms with van der Waals surface area (Å²) in [7, 11) is 0. The molecule has 3 heteroatoms. The zero-order valence-corrected chi connectivity index (χ0v) is 14.6. The van der Waals surface area contributed by atoms with Gasteiger partial charge in [-0.1, -0.05) is 30.3 Å². The molecule has 2 aliphatic carbocycles. The van der Waals surface area contributed by atoms with Crippen molar-refractivity contribution in [2.45, 2.75) is 39.0 Å². The molecule has 0 bridgehead atoms. The summed E-state index contributed by atoms with van der Waals surface area (Å²) in [6.45, 7) is 2.01. The topological polar surface area (TPSA) is 30.0 Å². The van der Waals surface area contributed by atoms with E-state index < -0.39 is 0 Å². The van der Waals surface area contributed by atoms with Crippen molar-refractivity contribution in [1.29, 1.82) is 0 Å². The smallest absolute Gasteiger partial charge is 0.168 e. The number of fused-ring (bicyclic) bond motifs is 3. The molecule has 5 rings (SSSR count). The molecule has 0 radical (unpaired) electrons. The SMILES string of the molecule is Cc1nc2sc3c(c2c(-c2ccccc2)c1C(=O)C1CC1)CCC3. The first-order chi connectivity index (χ1) is 11.7. The van der Waals surface area contributed by atoms with Crippen LogP contribution in [0.3, 0.4) is 0 Å². The van der Waals surface area contributed by atoms with E-state index in [0.717, 1.165) is 52.9 Å². The van der Waals surface area contributed by atoms with Crippen molar-refractivity contribution < 1.29 is 4.79 Å². The number of hydrogen-bond donors (Lipinski definition) is 0. The number of benzene rings is 1. The molecule has 2 aliphatic rings. The average molecular weight is 333 g/mol. The molecule has 24 heavy (non-hydrogen) atoms. The molecule has 0 saturated heterocycles. The Labute approximate surface area is 145 Å². The van der Waals surface area contributed by atoms with Crippen molar-refractivity contribution >= 4 is 27.3 Å². The summed E-state index contributed by atoms with van der Waals surface area (Å²) in [5.41, 5.74) is 5.53. The second kappa shape index (κ2) is 5.25. The van der Waals surface area contributed by atoms with E-state index >= 15 is 0 Å². The van der Waals surface area contributed by atoms with Gasteiger partial charge in [0, 0.05) is 27.3 Å². The Kier molecular flexibility index (Phi) is 3.14. The number of aryl methyl sites for hydroxylation is 3. The van der Waals surface area contributed by atoms with Crippen molar-refractivity contribution in [3.8, 4) is 11.1 Å². The lowest BCUT2D eigenvalue weighted by Gasteiger charge is -2.14. The molecular formula is C21H19NOS. The van der Waals surface area contributed by atoms with Gasteiger partial charge in [0.25, 0.3) is 0 Å². The molecule has 0 N–H and O–H groups in total. The number of nitrogens with zero attached hydrogens (tertiary/aromatic N) is 1. The van der Waals surface area contributed by atoms with Gasteiger partial charge in [-0.3, -0.25) is 4.79 Å². The summed E-state index contributed by atoms with van der Waals surface area (Å²) in [5, 5.41) is 1.26. The van der Waals surface area contributed by atoms with Gasteiger partial charge in [0.1, 0.15) is 4.83 Å². The number of pyridine rings is 1. The van der Waals surface area contributed by atoms with E-state index in [4.69, 9.17) is 4.98 Å². The number of hydrogen-bond acceptors (Lipinski definition) is 3. The highest BCUT2D eigenvalue weighted by molar-refractivity contribution is 7.19. The molecule has 120 valence electrons. The van der Waals surface area contributed by atoms with Gasteiger partial charge in [-0.05, 0) is 50.2 Å². The summed E-state index contributed by atoms with van der Waals surface area (Å²) < 4.78 is 0. The molecule has 1 aromatic carbocycles. The summed E-state index contributed by atoms with van der Waals surface area (Å²) in [5.74, 6) is 0.524. The predicted octanol–water partition coefficient (Wildman–Crippen LogP) is 5.35. The monoisotopic (exact) mass is 333 g/mol. The first kappa shape index (κ1) is 14.4. The van der Waals surface area contributed by atoms with E-state index in [1.165, 1.54) is 22.2 Å². The molecule has 0 spiro atoms. The van der Waals surface area contributed by atoms with E-state index in [1.54, 1.807) is 0 Å². The first-order valence-electron chi connectivity index (χ1n) is 8.78. The molecule has 1 saturated carbocycles. The van der Waals surface area contributed by atoms with Gasteiger partial charge in [-0.2, -0.15) is 0 Å². The third kappa shape index (κ3) is 2.07. The van der Waals surface area contributed by atoms with E-state index in [1.807, 2.05) is 24.3 Å². The van der Waals surface area contributed by atoms with Crippen LogP contribution in [-0.4, -0.2) is 10.8 Å². The Morgan fingerprint density at radius 1 is 1.17 bits per heavy atom. The van der Waals surface area contributed by atoms with Crippen LogP contribution < -0.4 is 0 Å². The van der Waals surface area contributed by atoms with E-state index in [0.29, 0.717) is 5.78 Å². The van der Waals surface area contributed by atoms with Crippen molar-refractivity contribution in [2.24, 2.45) is 5.92 Å². The highest BCUT2D eigenvalue weighted by Gasteiger charge is 2.35. The summed E-state index contributed by atoms with van der Waals surface area (Å²) in [6.07, 6.45) is 5.58. The lowest BCUT2D eigenvalue weighted by molar-refractivity contribution is 0.0967. The van der Waals surface area contributed by atoms with Crippen molar-refractivity contribution in [3.05, 3.63) is 52.0 Å². The van der Waals surface area contributed by atoms with Gasteiger partial charge in [0.05, 0.1) is 5.69 Å². The minimum absolute atomic E-state index is 0.220. The largest absolute Gasteiger partial charge is 0.294 e. The Bertz CT molecular complexity index is 967. The third-order valence-electron chi connectivity index (χ3n) is 5.29. The number of Topliss-reactive ketones (excluding diaryl/α,β-unsaturated/α-hetero) is 1. The van der Waals surface area contributed by atoms with Gasteiger partial charge in [0.15, 0.2) is 5.78 Å². The minimum atomic E-state index is 0.220. The van der Waals surface area contributed by atoms with Crippen LogP contribution in [-0.2, 0) is 12.8 Å². The Morgan fingerprint density at radius 2 is 1.96 bits per heavy atom. The zero-order valence-electron chi connectivity index (χ0n) is 13.8. The van der Waals surface area contributed by atoms with Crippen LogP contribution in [0.15, 0.2) is 30.3 Å². The maximum atomic E-state index is 13.1. The van der Waals surface area contributed by atoms with Gasteiger partial charge in [-0.25, -0.2) is 4.98 Å². The Morgan fingerprint density at radius 3 is 2.71 bits per heavy atom. The lowest BCUT2D eigenvalue weighted by atomic mass is 9.90. The summed E-state index contributed by atoms with van der Waals surface area (Å²) >= 11 is 1.83. The van der Waals surface area contributed by atoms with Crippen molar-refractivity contribution in [3.63, 3.8) is 0 Å². The zero-order chi connectivity index (χ0) is 16.3. The number of carbonyl (C=O) groups excluding carboxylic acids is 1. The van der Waals surface area contributed by atoms with Crippen LogP contribution in [0.5, 0.6) is 0 Å². The Balaban J connectivity index is 1.89. The highest BCUT2D eigenvalue weighted by atomic mass is 32.1. The van der Waals surface area contributed by atoms with Crippen LogP contribution in [0.2, 0.25) is 0 Å². The number of carbonyl (C=O) groups is 1. The molecule has 2 nitrogen and oxygen atoms in total. The van der Waals surface area contributed by atoms with Gasteiger partial charge >= 0.3 is 0 Å². The van der Waals surface area contributed by atoms with Gasteiger partial charge < -0.3 is 0 Å². The van der Waals surface area contributed by atoms with E-state index in [2.05, 4.69) is 24.3 Å².